The smallest absolute Gasteiger partial charge is 0.251 e. The number of carbonyl (C=O) groups is 2. The van der Waals surface area contributed by atoms with E-state index in [-0.39, 0.29) is 11.8 Å². The number of pyridine rings is 1. The molecule has 1 aromatic carbocycles. The van der Waals surface area contributed by atoms with E-state index in [4.69, 9.17) is 0 Å². The molecule has 2 heterocycles. The molecule has 0 radical (unpaired) electrons. The van der Waals surface area contributed by atoms with Crippen LogP contribution in [0.5, 0.6) is 0 Å². The third-order valence-corrected chi connectivity index (χ3v) is 4.06. The number of nitrogens with one attached hydrogen (secondary N) is 2. The first-order chi connectivity index (χ1) is 11.9. The normalized spacial score (nSPS) is 10.7. The highest BCUT2D eigenvalue weighted by Gasteiger charge is 2.09. The zero-order valence-electron chi connectivity index (χ0n) is 13.8. The van der Waals surface area contributed by atoms with Gasteiger partial charge in [0.2, 0.25) is 5.91 Å². The van der Waals surface area contributed by atoms with Crippen molar-refractivity contribution in [3.8, 4) is 0 Å². The quantitative estimate of drug-likeness (QED) is 0.705. The molecule has 3 aromatic rings. The van der Waals surface area contributed by atoms with Crippen LogP contribution in [0.2, 0.25) is 0 Å². The van der Waals surface area contributed by atoms with Gasteiger partial charge < -0.3 is 15.0 Å². The summed E-state index contributed by atoms with van der Waals surface area (Å²) < 4.78 is 2.90. The Hall–Kier alpha value is -2.67. The number of fused-ring (bicyclic) bond motifs is 1. The second-order valence-electron chi connectivity index (χ2n) is 5.75. The molecular weight excluding hydrogens is 384 g/mol. The Morgan fingerprint density at radius 1 is 1.24 bits per heavy atom. The zero-order chi connectivity index (χ0) is 18.0. The second kappa shape index (κ2) is 7.06. The number of imidazole rings is 1. The molecule has 0 spiro atoms. The van der Waals surface area contributed by atoms with Crippen molar-refractivity contribution in [1.29, 1.82) is 0 Å². The predicted octanol–water partition coefficient (Wildman–Crippen LogP) is 3.29. The maximum Gasteiger partial charge on any atom is 0.251 e. The maximum atomic E-state index is 12.3. The van der Waals surface area contributed by atoms with Crippen LogP contribution < -0.4 is 10.6 Å². The van der Waals surface area contributed by atoms with Crippen LogP contribution in [0.25, 0.3) is 5.65 Å². The number of anilines is 1. The number of rotatable bonds is 4. The summed E-state index contributed by atoms with van der Waals surface area (Å²) in [6.45, 7) is 3.74. The van der Waals surface area contributed by atoms with Crippen molar-refractivity contribution in [1.82, 2.24) is 14.7 Å². The number of nitrogens with zero attached hydrogens (tertiary/aromatic N) is 2. The van der Waals surface area contributed by atoms with Crippen LogP contribution in [-0.2, 0) is 11.3 Å². The van der Waals surface area contributed by atoms with Crippen molar-refractivity contribution >= 4 is 39.1 Å². The molecule has 7 heteroatoms. The summed E-state index contributed by atoms with van der Waals surface area (Å²) in [5, 5.41) is 5.52. The molecule has 2 aromatic heterocycles. The van der Waals surface area contributed by atoms with Crippen molar-refractivity contribution in [3.63, 3.8) is 0 Å². The van der Waals surface area contributed by atoms with Gasteiger partial charge in [-0.1, -0.05) is 6.07 Å². The Bertz CT molecular complexity index is 965. The molecule has 0 atom stereocenters. The fourth-order valence-electron chi connectivity index (χ4n) is 2.58. The molecule has 0 bridgehead atoms. The largest absolute Gasteiger partial charge is 0.346 e. The van der Waals surface area contributed by atoms with Gasteiger partial charge >= 0.3 is 0 Å². The molecule has 128 valence electrons. The second-order valence-corrected chi connectivity index (χ2v) is 6.66. The lowest BCUT2D eigenvalue weighted by Gasteiger charge is -2.06. The van der Waals surface area contributed by atoms with Crippen molar-refractivity contribution in [2.75, 3.05) is 5.32 Å². The van der Waals surface area contributed by atoms with Crippen molar-refractivity contribution in [2.24, 2.45) is 0 Å². The van der Waals surface area contributed by atoms with Gasteiger partial charge in [0.15, 0.2) is 0 Å². The van der Waals surface area contributed by atoms with Gasteiger partial charge in [-0.05, 0) is 52.7 Å². The number of aryl methyl sites for hydroxylation is 1. The minimum absolute atomic E-state index is 0.177. The summed E-state index contributed by atoms with van der Waals surface area (Å²) in [5.41, 5.74) is 3.75. The predicted molar refractivity (Wildman–Crippen MR) is 99.5 cm³/mol. The highest BCUT2D eigenvalue weighted by atomic mass is 79.9. The summed E-state index contributed by atoms with van der Waals surface area (Å²) in [4.78, 5) is 28.0. The van der Waals surface area contributed by atoms with Gasteiger partial charge in [0.05, 0.1) is 12.2 Å². The third-order valence-electron chi connectivity index (χ3n) is 3.63. The molecule has 0 fully saturated rings. The Labute approximate surface area is 153 Å². The average Bonchev–Trinajstić information content (AvgIpc) is 2.95. The summed E-state index contributed by atoms with van der Waals surface area (Å²) in [7, 11) is 0. The van der Waals surface area contributed by atoms with Crippen LogP contribution >= 0.6 is 15.9 Å². The van der Waals surface area contributed by atoms with E-state index in [1.165, 1.54) is 6.92 Å². The number of halogens is 1. The molecule has 0 aliphatic heterocycles. The molecule has 0 unspecified atom stereocenters. The van der Waals surface area contributed by atoms with E-state index in [1.54, 1.807) is 24.3 Å². The number of carbonyl (C=O) groups excluding carboxylic acids is 2. The molecule has 0 saturated heterocycles. The van der Waals surface area contributed by atoms with Gasteiger partial charge in [0.1, 0.15) is 5.65 Å². The van der Waals surface area contributed by atoms with E-state index in [2.05, 4.69) is 31.5 Å². The summed E-state index contributed by atoms with van der Waals surface area (Å²) >= 11 is 3.46. The van der Waals surface area contributed by atoms with E-state index < -0.39 is 0 Å². The molecule has 2 N–H and O–H groups in total. The van der Waals surface area contributed by atoms with Crippen LogP contribution in [0, 0.1) is 6.92 Å². The van der Waals surface area contributed by atoms with E-state index in [1.807, 2.05) is 29.8 Å². The topological polar surface area (TPSA) is 75.5 Å². The Morgan fingerprint density at radius 3 is 2.80 bits per heavy atom. The Balaban J connectivity index is 1.72. The van der Waals surface area contributed by atoms with Crippen LogP contribution in [-0.4, -0.2) is 21.2 Å². The lowest BCUT2D eigenvalue weighted by molar-refractivity contribution is -0.114. The standard InChI is InChI=1S/C18H17BrN4O2/c1-11-6-14(19)9-23-10-16(22-17(11)23)8-20-18(25)13-4-3-5-15(7-13)21-12(2)24/h3-7,9-10H,8H2,1-2H3,(H,20,25)(H,21,24). The van der Waals surface area contributed by atoms with Gasteiger partial charge in [-0.2, -0.15) is 0 Å². The van der Waals surface area contributed by atoms with E-state index in [0.29, 0.717) is 17.8 Å². The summed E-state index contributed by atoms with van der Waals surface area (Å²) in [6, 6.07) is 8.80. The Kier molecular flexibility index (Phi) is 4.85. The number of aromatic nitrogens is 2. The summed E-state index contributed by atoms with van der Waals surface area (Å²) in [6.07, 6.45) is 3.82. The van der Waals surface area contributed by atoms with Gasteiger partial charge in [-0.3, -0.25) is 9.59 Å². The first kappa shape index (κ1) is 17.2. The average molecular weight is 401 g/mol. The van der Waals surface area contributed by atoms with Crippen molar-refractivity contribution < 1.29 is 9.59 Å². The molecular formula is C18H17BrN4O2. The van der Waals surface area contributed by atoms with Gasteiger partial charge in [0, 0.05) is 35.0 Å². The van der Waals surface area contributed by atoms with Crippen molar-refractivity contribution in [3.05, 3.63) is 64.0 Å². The fourth-order valence-corrected chi connectivity index (χ4v) is 3.14. The highest BCUT2D eigenvalue weighted by molar-refractivity contribution is 9.10. The lowest BCUT2D eigenvalue weighted by Crippen LogP contribution is -2.23. The molecule has 3 rings (SSSR count). The molecule has 0 aliphatic carbocycles. The molecule has 2 amide bonds. The Morgan fingerprint density at radius 2 is 2.04 bits per heavy atom. The SMILES string of the molecule is CC(=O)Nc1cccc(C(=O)NCc2cn3cc(Br)cc(C)c3n2)c1. The maximum absolute atomic E-state index is 12.3. The van der Waals surface area contributed by atoms with Crippen LogP contribution in [0.4, 0.5) is 5.69 Å². The number of hydrogen-bond acceptors (Lipinski definition) is 3. The van der Waals surface area contributed by atoms with Gasteiger partial charge in [-0.15, -0.1) is 0 Å². The van der Waals surface area contributed by atoms with Gasteiger partial charge in [-0.25, -0.2) is 4.98 Å². The molecule has 6 nitrogen and oxygen atoms in total. The first-order valence-electron chi connectivity index (χ1n) is 7.72. The first-order valence-corrected chi connectivity index (χ1v) is 8.51. The highest BCUT2D eigenvalue weighted by Crippen LogP contribution is 2.17. The van der Waals surface area contributed by atoms with Crippen molar-refractivity contribution in [2.45, 2.75) is 20.4 Å². The van der Waals surface area contributed by atoms with E-state index >= 15 is 0 Å². The minimum atomic E-state index is -0.220. The van der Waals surface area contributed by atoms with Crippen LogP contribution in [0.3, 0.4) is 0 Å². The number of hydrogen-bond donors (Lipinski definition) is 2. The van der Waals surface area contributed by atoms with Crippen LogP contribution in [0.15, 0.2) is 47.2 Å². The zero-order valence-corrected chi connectivity index (χ0v) is 15.4. The van der Waals surface area contributed by atoms with E-state index in [0.717, 1.165) is 21.4 Å². The minimum Gasteiger partial charge on any atom is -0.346 e. The molecule has 0 saturated carbocycles. The number of benzene rings is 1. The number of amides is 2. The third kappa shape index (κ3) is 4.06. The summed E-state index contributed by atoms with van der Waals surface area (Å²) in [5.74, 6) is -0.397. The van der Waals surface area contributed by atoms with Gasteiger partial charge in [0.25, 0.3) is 5.91 Å². The molecule has 0 aliphatic rings. The monoisotopic (exact) mass is 400 g/mol. The lowest BCUT2D eigenvalue weighted by atomic mass is 10.2. The van der Waals surface area contributed by atoms with E-state index in [9.17, 15) is 9.59 Å². The fraction of sp³-hybridized carbons (Fsp3) is 0.167. The molecule has 25 heavy (non-hydrogen) atoms. The van der Waals surface area contributed by atoms with Crippen LogP contribution in [0.1, 0.15) is 28.5 Å².